The molecule has 0 unspecified atom stereocenters. The summed E-state index contributed by atoms with van der Waals surface area (Å²) in [6.07, 6.45) is 1.95. The van der Waals surface area contributed by atoms with Crippen LogP contribution < -0.4 is 5.73 Å². The third-order valence-electron chi connectivity index (χ3n) is 1.78. The van der Waals surface area contributed by atoms with Gasteiger partial charge in [-0.15, -0.1) is 0 Å². The SMILES string of the molecule is C=C(C)c1ccn(C)c1/N=C(\C)N. The second-order valence-corrected chi connectivity index (χ2v) is 3.20. The van der Waals surface area contributed by atoms with Crippen LogP contribution in [-0.2, 0) is 7.05 Å². The summed E-state index contributed by atoms with van der Waals surface area (Å²) in [6.45, 7) is 7.61. The molecule has 0 aliphatic rings. The van der Waals surface area contributed by atoms with E-state index in [1.807, 2.05) is 30.8 Å². The van der Waals surface area contributed by atoms with Gasteiger partial charge in [0.15, 0.2) is 0 Å². The minimum absolute atomic E-state index is 0.560. The zero-order chi connectivity index (χ0) is 10.0. The quantitative estimate of drug-likeness (QED) is 0.545. The van der Waals surface area contributed by atoms with Gasteiger partial charge in [-0.3, -0.25) is 0 Å². The Morgan fingerprint density at radius 3 is 2.62 bits per heavy atom. The van der Waals surface area contributed by atoms with Gasteiger partial charge >= 0.3 is 0 Å². The summed E-state index contributed by atoms with van der Waals surface area (Å²) in [6, 6.07) is 1.99. The fraction of sp³-hybridized carbons (Fsp3) is 0.300. The molecule has 0 atom stereocenters. The van der Waals surface area contributed by atoms with Crippen molar-refractivity contribution in [2.75, 3.05) is 0 Å². The average molecular weight is 177 g/mol. The first-order chi connectivity index (χ1) is 6.02. The number of amidine groups is 1. The molecule has 0 saturated carbocycles. The first-order valence-corrected chi connectivity index (χ1v) is 4.14. The van der Waals surface area contributed by atoms with Crippen LogP contribution >= 0.6 is 0 Å². The smallest absolute Gasteiger partial charge is 0.141 e. The summed E-state index contributed by atoms with van der Waals surface area (Å²) < 4.78 is 1.93. The number of rotatable bonds is 2. The van der Waals surface area contributed by atoms with Gasteiger partial charge in [0.25, 0.3) is 0 Å². The number of aliphatic imine (C=N–C) groups is 1. The van der Waals surface area contributed by atoms with Gasteiger partial charge < -0.3 is 10.3 Å². The lowest BCUT2D eigenvalue weighted by Gasteiger charge is -2.02. The van der Waals surface area contributed by atoms with E-state index < -0.39 is 0 Å². The summed E-state index contributed by atoms with van der Waals surface area (Å²) in [5.74, 6) is 1.43. The van der Waals surface area contributed by atoms with Crippen LogP contribution in [0.25, 0.3) is 5.57 Å². The van der Waals surface area contributed by atoms with E-state index in [-0.39, 0.29) is 0 Å². The van der Waals surface area contributed by atoms with Crippen LogP contribution in [0.2, 0.25) is 0 Å². The number of nitrogens with two attached hydrogens (primary N) is 1. The van der Waals surface area contributed by atoms with E-state index in [0.717, 1.165) is 17.0 Å². The molecule has 0 radical (unpaired) electrons. The molecule has 0 amide bonds. The topological polar surface area (TPSA) is 43.3 Å². The summed E-state index contributed by atoms with van der Waals surface area (Å²) in [7, 11) is 1.94. The number of aromatic nitrogens is 1. The molecule has 0 saturated heterocycles. The summed E-state index contributed by atoms with van der Waals surface area (Å²) in [5.41, 5.74) is 7.58. The van der Waals surface area contributed by atoms with Gasteiger partial charge in [0.1, 0.15) is 5.82 Å². The molecule has 0 bridgehead atoms. The highest BCUT2D eigenvalue weighted by molar-refractivity contribution is 5.82. The summed E-state index contributed by atoms with van der Waals surface area (Å²) in [5, 5.41) is 0. The molecule has 0 aliphatic carbocycles. The summed E-state index contributed by atoms with van der Waals surface area (Å²) >= 11 is 0. The molecule has 1 aromatic heterocycles. The third kappa shape index (κ3) is 1.99. The van der Waals surface area contributed by atoms with Gasteiger partial charge in [0.2, 0.25) is 0 Å². The zero-order valence-electron chi connectivity index (χ0n) is 8.33. The number of allylic oxidation sites excluding steroid dienone is 1. The number of aryl methyl sites for hydroxylation is 1. The Kier molecular flexibility index (Phi) is 2.56. The number of hydrogen-bond donors (Lipinski definition) is 1. The van der Waals surface area contributed by atoms with E-state index in [2.05, 4.69) is 11.6 Å². The van der Waals surface area contributed by atoms with Crippen molar-refractivity contribution < 1.29 is 0 Å². The monoisotopic (exact) mass is 177 g/mol. The van der Waals surface area contributed by atoms with E-state index >= 15 is 0 Å². The largest absolute Gasteiger partial charge is 0.387 e. The summed E-state index contributed by atoms with van der Waals surface area (Å²) in [4.78, 5) is 4.24. The predicted molar refractivity (Wildman–Crippen MR) is 57.1 cm³/mol. The molecule has 2 N–H and O–H groups in total. The van der Waals surface area contributed by atoms with Crippen LogP contribution in [0.15, 0.2) is 23.8 Å². The lowest BCUT2D eigenvalue weighted by atomic mass is 10.2. The van der Waals surface area contributed by atoms with Gasteiger partial charge in [0, 0.05) is 18.8 Å². The zero-order valence-corrected chi connectivity index (χ0v) is 8.33. The van der Waals surface area contributed by atoms with Crippen molar-refractivity contribution in [2.45, 2.75) is 13.8 Å². The lowest BCUT2D eigenvalue weighted by molar-refractivity contribution is 0.923. The van der Waals surface area contributed by atoms with Crippen LogP contribution in [0.3, 0.4) is 0 Å². The van der Waals surface area contributed by atoms with Gasteiger partial charge in [0.05, 0.1) is 5.84 Å². The third-order valence-corrected chi connectivity index (χ3v) is 1.78. The van der Waals surface area contributed by atoms with Gasteiger partial charge in [-0.05, 0) is 25.5 Å². The van der Waals surface area contributed by atoms with Crippen molar-refractivity contribution in [3.63, 3.8) is 0 Å². The van der Waals surface area contributed by atoms with Gasteiger partial charge in [-0.25, -0.2) is 4.99 Å². The number of hydrogen-bond acceptors (Lipinski definition) is 1. The first-order valence-electron chi connectivity index (χ1n) is 4.14. The molecule has 3 nitrogen and oxygen atoms in total. The molecular formula is C10H15N3. The highest BCUT2D eigenvalue weighted by Gasteiger charge is 2.05. The molecular weight excluding hydrogens is 162 g/mol. The molecule has 70 valence electrons. The van der Waals surface area contributed by atoms with Crippen molar-refractivity contribution in [1.29, 1.82) is 0 Å². The molecule has 1 aromatic rings. The fourth-order valence-corrected chi connectivity index (χ4v) is 1.16. The Morgan fingerprint density at radius 1 is 1.54 bits per heavy atom. The molecule has 1 heterocycles. The van der Waals surface area contributed by atoms with Crippen LogP contribution in [0, 0.1) is 0 Å². The first kappa shape index (κ1) is 9.58. The molecule has 1 rings (SSSR count). The van der Waals surface area contributed by atoms with E-state index in [1.165, 1.54) is 0 Å². The fourth-order valence-electron chi connectivity index (χ4n) is 1.16. The second kappa shape index (κ2) is 3.47. The Hall–Kier alpha value is -1.51. The van der Waals surface area contributed by atoms with E-state index in [1.54, 1.807) is 6.92 Å². The van der Waals surface area contributed by atoms with E-state index in [0.29, 0.717) is 5.84 Å². The molecule has 3 heteroatoms. The van der Waals surface area contributed by atoms with E-state index in [4.69, 9.17) is 5.73 Å². The maximum atomic E-state index is 5.53. The molecule has 0 fully saturated rings. The number of nitrogens with zero attached hydrogens (tertiary/aromatic N) is 2. The van der Waals surface area contributed by atoms with Gasteiger partial charge in [-0.1, -0.05) is 6.58 Å². The highest BCUT2D eigenvalue weighted by Crippen LogP contribution is 2.25. The Labute approximate surface area is 78.6 Å². The van der Waals surface area contributed by atoms with Crippen LogP contribution in [0.4, 0.5) is 5.82 Å². The molecule has 0 aromatic carbocycles. The Bertz CT molecular complexity index is 354. The Balaban J connectivity index is 3.24. The minimum Gasteiger partial charge on any atom is -0.387 e. The highest BCUT2D eigenvalue weighted by atomic mass is 15.1. The van der Waals surface area contributed by atoms with Crippen LogP contribution in [-0.4, -0.2) is 10.4 Å². The minimum atomic E-state index is 0.560. The van der Waals surface area contributed by atoms with Crippen molar-refractivity contribution in [3.8, 4) is 0 Å². The van der Waals surface area contributed by atoms with Crippen LogP contribution in [0.1, 0.15) is 19.4 Å². The lowest BCUT2D eigenvalue weighted by Crippen LogP contribution is -2.05. The molecule has 0 spiro atoms. The second-order valence-electron chi connectivity index (χ2n) is 3.20. The predicted octanol–water partition coefficient (Wildman–Crippen LogP) is 2.07. The average Bonchev–Trinajstić information content (AvgIpc) is 2.32. The van der Waals surface area contributed by atoms with E-state index in [9.17, 15) is 0 Å². The van der Waals surface area contributed by atoms with Crippen molar-refractivity contribution in [2.24, 2.45) is 17.8 Å². The van der Waals surface area contributed by atoms with Crippen LogP contribution in [0.5, 0.6) is 0 Å². The Morgan fingerprint density at radius 2 is 2.15 bits per heavy atom. The molecule has 0 aliphatic heterocycles. The molecule has 13 heavy (non-hydrogen) atoms. The van der Waals surface area contributed by atoms with Crippen molar-refractivity contribution in [3.05, 3.63) is 24.4 Å². The standard InChI is InChI=1S/C10H15N3/c1-7(2)9-5-6-13(4)10(9)12-8(3)11/h5-6H,1H2,2-4H3,(H2,11,12). The maximum Gasteiger partial charge on any atom is 0.141 e. The van der Waals surface area contributed by atoms with Crippen molar-refractivity contribution in [1.82, 2.24) is 4.57 Å². The van der Waals surface area contributed by atoms with Gasteiger partial charge in [-0.2, -0.15) is 0 Å². The maximum absolute atomic E-state index is 5.53. The van der Waals surface area contributed by atoms with Crippen molar-refractivity contribution >= 4 is 17.2 Å². The normalized spacial score (nSPS) is 11.8.